The first kappa shape index (κ1) is 38.0. The molecule has 1 aliphatic carbocycles. The van der Waals surface area contributed by atoms with E-state index in [4.69, 9.17) is 37.3 Å². The summed E-state index contributed by atoms with van der Waals surface area (Å²) >= 11 is 0. The van der Waals surface area contributed by atoms with Crippen LogP contribution in [-0.2, 0) is 43.1 Å². The van der Waals surface area contributed by atoms with E-state index in [0.29, 0.717) is 11.5 Å². The topological polar surface area (TPSA) is 131 Å². The second kappa shape index (κ2) is 18.4. The van der Waals surface area contributed by atoms with Gasteiger partial charge in [0.1, 0.15) is 59.6 Å². The Kier molecular flexibility index (Phi) is 13.2. The van der Waals surface area contributed by atoms with Gasteiger partial charge in [-0.25, -0.2) is 4.57 Å². The van der Waals surface area contributed by atoms with Crippen molar-refractivity contribution in [2.75, 3.05) is 14.2 Å². The Balaban J connectivity index is 1.36. The van der Waals surface area contributed by atoms with Crippen LogP contribution in [0, 0.1) is 0 Å². The number of hydrogen-bond acceptors (Lipinski definition) is 11. The van der Waals surface area contributed by atoms with Gasteiger partial charge in [-0.1, -0.05) is 91.0 Å². The standard InChI is InChI=1S/C41H43O11P/c1-45-32-22-18-30(19-23-32)27-47-38-36(42)39(48-26-29-12-6-3-7-13-29)41(40(37(38)43)49-28-31-20-24-33(46-2)25-21-31)52-53(44,50-34-14-8-4-9-15-34)51-35-16-10-5-11-17-35/h3-25,36-43H,26-28H2,1-2H3/t36-,37+,38-,39-,40-,41-/m1/s1. The fourth-order valence-corrected chi connectivity index (χ4v) is 7.30. The number of para-hydroxylation sites is 2. The van der Waals surface area contributed by atoms with Gasteiger partial charge in [0.2, 0.25) is 0 Å². The lowest BCUT2D eigenvalue weighted by Crippen LogP contribution is -2.66. The molecule has 12 heteroatoms. The first-order valence-corrected chi connectivity index (χ1v) is 18.6. The van der Waals surface area contributed by atoms with E-state index in [9.17, 15) is 14.8 Å². The second-order valence-corrected chi connectivity index (χ2v) is 13.8. The van der Waals surface area contributed by atoms with Crippen LogP contribution < -0.4 is 18.5 Å². The molecule has 278 valence electrons. The zero-order valence-electron chi connectivity index (χ0n) is 29.4. The zero-order valence-corrected chi connectivity index (χ0v) is 30.3. The molecule has 6 atom stereocenters. The normalized spacial score (nSPS) is 21.4. The molecular formula is C41H43O11P. The number of ether oxygens (including phenoxy) is 5. The maximum atomic E-state index is 14.8. The molecule has 2 N–H and O–H groups in total. The first-order chi connectivity index (χ1) is 25.8. The van der Waals surface area contributed by atoms with Crippen LogP contribution in [0.15, 0.2) is 140 Å². The minimum absolute atomic E-state index is 0.00165. The highest BCUT2D eigenvalue weighted by molar-refractivity contribution is 7.49. The number of benzene rings is 5. The van der Waals surface area contributed by atoms with Gasteiger partial charge in [-0.2, -0.15) is 0 Å². The van der Waals surface area contributed by atoms with Crippen molar-refractivity contribution in [2.45, 2.75) is 56.4 Å². The third-order valence-electron chi connectivity index (χ3n) is 8.65. The highest BCUT2D eigenvalue weighted by Crippen LogP contribution is 2.53. The maximum absolute atomic E-state index is 14.8. The van der Waals surface area contributed by atoms with Crippen molar-refractivity contribution >= 4 is 7.82 Å². The third kappa shape index (κ3) is 10.2. The Morgan fingerprint density at radius 2 is 0.811 bits per heavy atom. The van der Waals surface area contributed by atoms with Crippen molar-refractivity contribution in [2.24, 2.45) is 0 Å². The summed E-state index contributed by atoms with van der Waals surface area (Å²) in [5, 5.41) is 24.0. The SMILES string of the molecule is COc1ccc(CO[C@@H]2[C@@H](O)[C@@H](OCc3ccccc3)[C@@H](OP(=O)(Oc3ccccc3)Oc3ccccc3)[C@H](OCc3ccc(OC)cc3)[C@H]2O)cc1. The summed E-state index contributed by atoms with van der Waals surface area (Å²) in [7, 11) is -1.45. The molecular weight excluding hydrogens is 699 g/mol. The molecule has 1 fully saturated rings. The van der Waals surface area contributed by atoms with E-state index >= 15 is 0 Å². The molecule has 6 rings (SSSR count). The molecule has 0 aliphatic heterocycles. The van der Waals surface area contributed by atoms with Gasteiger partial charge >= 0.3 is 7.82 Å². The quantitative estimate of drug-likeness (QED) is 0.0943. The van der Waals surface area contributed by atoms with Gasteiger partial charge < -0.3 is 42.9 Å². The van der Waals surface area contributed by atoms with Crippen molar-refractivity contribution in [3.63, 3.8) is 0 Å². The lowest BCUT2D eigenvalue weighted by Gasteiger charge is -2.46. The van der Waals surface area contributed by atoms with E-state index in [1.807, 2.05) is 54.6 Å². The average molecular weight is 743 g/mol. The summed E-state index contributed by atoms with van der Waals surface area (Å²) in [6.45, 7) is 0.0810. The molecule has 5 aromatic rings. The fraction of sp³-hybridized carbons (Fsp3) is 0.268. The van der Waals surface area contributed by atoms with Crippen molar-refractivity contribution in [1.82, 2.24) is 0 Å². The predicted octanol–water partition coefficient (Wildman–Crippen LogP) is 7.15. The van der Waals surface area contributed by atoms with Crippen LogP contribution in [0.1, 0.15) is 16.7 Å². The summed E-state index contributed by atoms with van der Waals surface area (Å²) in [5.74, 6) is 1.76. The number of phosphoric ester groups is 1. The lowest BCUT2D eigenvalue weighted by atomic mass is 9.84. The van der Waals surface area contributed by atoms with Crippen LogP contribution in [0.4, 0.5) is 0 Å². The monoisotopic (exact) mass is 742 g/mol. The molecule has 5 aromatic carbocycles. The lowest BCUT2D eigenvalue weighted by molar-refractivity contribution is -0.258. The summed E-state index contributed by atoms with van der Waals surface area (Å²) < 4.78 is 62.7. The number of rotatable bonds is 17. The van der Waals surface area contributed by atoms with Crippen LogP contribution in [0.2, 0.25) is 0 Å². The molecule has 0 bridgehead atoms. The molecule has 1 saturated carbocycles. The maximum Gasteiger partial charge on any atom is 0.588 e. The number of aliphatic hydroxyl groups excluding tert-OH is 2. The summed E-state index contributed by atoms with van der Waals surface area (Å²) in [5.41, 5.74) is 2.34. The van der Waals surface area contributed by atoms with Gasteiger partial charge in [0, 0.05) is 0 Å². The molecule has 0 aromatic heterocycles. The van der Waals surface area contributed by atoms with Crippen molar-refractivity contribution < 1.29 is 52.0 Å². The van der Waals surface area contributed by atoms with Crippen molar-refractivity contribution in [3.05, 3.63) is 156 Å². The number of phosphoric acid groups is 1. The Morgan fingerprint density at radius 3 is 1.21 bits per heavy atom. The number of methoxy groups -OCH3 is 2. The van der Waals surface area contributed by atoms with Gasteiger partial charge in [0.25, 0.3) is 0 Å². The van der Waals surface area contributed by atoms with Gasteiger partial charge in [0.15, 0.2) is 0 Å². The van der Waals surface area contributed by atoms with Gasteiger partial charge in [-0.3, -0.25) is 4.52 Å². The van der Waals surface area contributed by atoms with Crippen LogP contribution in [0.25, 0.3) is 0 Å². The van der Waals surface area contributed by atoms with E-state index in [-0.39, 0.29) is 31.3 Å². The second-order valence-electron chi connectivity index (χ2n) is 12.3. The van der Waals surface area contributed by atoms with Crippen molar-refractivity contribution in [3.8, 4) is 23.0 Å². The van der Waals surface area contributed by atoms with Crippen LogP contribution in [-0.4, -0.2) is 61.1 Å². The van der Waals surface area contributed by atoms with E-state index < -0.39 is 44.4 Å². The Bertz CT molecular complexity index is 1820. The largest absolute Gasteiger partial charge is 0.588 e. The van der Waals surface area contributed by atoms with E-state index in [1.54, 1.807) is 99.1 Å². The molecule has 53 heavy (non-hydrogen) atoms. The van der Waals surface area contributed by atoms with Gasteiger partial charge in [-0.15, -0.1) is 0 Å². The van der Waals surface area contributed by atoms with E-state index in [0.717, 1.165) is 16.7 Å². The first-order valence-electron chi connectivity index (χ1n) is 17.1. The summed E-state index contributed by atoms with van der Waals surface area (Å²) in [6, 6.07) is 40.7. The minimum atomic E-state index is -4.60. The smallest absolute Gasteiger partial charge is 0.497 e. The van der Waals surface area contributed by atoms with E-state index in [2.05, 4.69) is 0 Å². The van der Waals surface area contributed by atoms with Crippen LogP contribution in [0.5, 0.6) is 23.0 Å². The zero-order chi connectivity index (χ0) is 37.0. The van der Waals surface area contributed by atoms with Crippen LogP contribution in [0.3, 0.4) is 0 Å². The van der Waals surface area contributed by atoms with Crippen molar-refractivity contribution in [1.29, 1.82) is 0 Å². The molecule has 11 nitrogen and oxygen atoms in total. The van der Waals surface area contributed by atoms with Gasteiger partial charge in [-0.05, 0) is 65.2 Å². The van der Waals surface area contributed by atoms with Crippen LogP contribution >= 0.6 is 7.82 Å². The molecule has 0 saturated heterocycles. The highest BCUT2D eigenvalue weighted by Gasteiger charge is 2.56. The molecule has 0 heterocycles. The Morgan fingerprint density at radius 1 is 0.453 bits per heavy atom. The summed E-state index contributed by atoms with van der Waals surface area (Å²) in [4.78, 5) is 0. The summed E-state index contributed by atoms with van der Waals surface area (Å²) in [6.07, 6.45) is -8.13. The molecule has 0 radical (unpaired) electrons. The molecule has 0 unspecified atom stereocenters. The fourth-order valence-electron chi connectivity index (χ4n) is 5.88. The average Bonchev–Trinajstić information content (AvgIpc) is 3.19. The highest BCUT2D eigenvalue weighted by atomic mass is 31.2. The Labute approximate surface area is 309 Å². The van der Waals surface area contributed by atoms with Gasteiger partial charge in [0.05, 0.1) is 34.0 Å². The third-order valence-corrected chi connectivity index (χ3v) is 10.0. The number of aliphatic hydroxyl groups is 2. The van der Waals surface area contributed by atoms with E-state index in [1.165, 1.54) is 0 Å². The minimum Gasteiger partial charge on any atom is -0.497 e. The predicted molar refractivity (Wildman–Crippen MR) is 197 cm³/mol. The molecule has 0 amide bonds. The number of hydrogen-bond donors (Lipinski definition) is 2. The molecule has 0 spiro atoms. The molecule has 1 aliphatic rings. The Hall–Kier alpha value is -4.71.